The first-order valence-electron chi connectivity index (χ1n) is 28.0. The zero-order valence-corrected chi connectivity index (χ0v) is 46.9. The number of alkyl halides is 24. The van der Waals surface area contributed by atoms with Gasteiger partial charge in [0.1, 0.15) is 6.15 Å². The van der Waals surface area contributed by atoms with Crippen LogP contribution in [0.15, 0.2) is 128 Å². The van der Waals surface area contributed by atoms with Gasteiger partial charge in [-0.05, 0) is 30.7 Å². The molecule has 0 radical (unpaired) electrons. The third-order valence-corrected chi connectivity index (χ3v) is 15.0. The lowest BCUT2D eigenvalue weighted by molar-refractivity contribution is -0.695. The number of rotatable bonds is 23. The van der Waals surface area contributed by atoms with Crippen molar-refractivity contribution < 1.29 is 110 Å². The van der Waals surface area contributed by atoms with Gasteiger partial charge in [0.25, 0.3) is 0 Å². The van der Waals surface area contributed by atoms with Crippen molar-refractivity contribution in [3.63, 3.8) is 0 Å². The summed E-state index contributed by atoms with van der Waals surface area (Å²) in [6, 6.07) is 8.63. The van der Waals surface area contributed by atoms with E-state index in [4.69, 9.17) is 0 Å². The molecule has 0 N–H and O–H groups in total. The first-order valence-corrected chi connectivity index (χ1v) is 28.0. The predicted molar refractivity (Wildman–Crippen MR) is 286 cm³/mol. The number of pyridine rings is 1. The highest BCUT2D eigenvalue weighted by Crippen LogP contribution is 2.42. The van der Waals surface area contributed by atoms with Crippen molar-refractivity contribution in [2.45, 2.75) is 172 Å². The van der Waals surface area contributed by atoms with Gasteiger partial charge in [-0.3, -0.25) is 0 Å². The van der Waals surface area contributed by atoms with Gasteiger partial charge < -0.3 is 0 Å². The van der Waals surface area contributed by atoms with Gasteiger partial charge in [0, 0.05) is 24.1 Å². The molecule has 6 aromatic rings. The summed E-state index contributed by atoms with van der Waals surface area (Å²) in [7, 11) is 0. The summed E-state index contributed by atoms with van der Waals surface area (Å²) >= 11 is 0. The molecule has 0 unspecified atom stereocenters. The smallest absolute Gasteiger partial charge is 0.198 e. The van der Waals surface area contributed by atoms with Gasteiger partial charge in [-0.25, -0.2) is 0 Å². The number of benzene rings is 5. The van der Waals surface area contributed by atoms with Crippen LogP contribution in [0.3, 0.4) is 0 Å². The summed E-state index contributed by atoms with van der Waals surface area (Å²) in [5.74, 6) is 0. The number of aromatic nitrogens is 1. The maximum atomic E-state index is 14.2. The quantitative estimate of drug-likeness (QED) is 0.0261. The van der Waals surface area contributed by atoms with Crippen LogP contribution in [0.4, 0.5) is 105 Å². The zero-order valence-electron chi connectivity index (χ0n) is 46.9. The maximum absolute atomic E-state index is 14.2. The Bertz CT molecular complexity index is 2730. The molecule has 0 aliphatic heterocycles. The minimum Gasteiger partial charge on any atom is -0.198 e. The van der Waals surface area contributed by atoms with Crippen LogP contribution in [0.5, 0.6) is 0 Å². The molecule has 1 nitrogen and oxygen atoms in total. The van der Waals surface area contributed by atoms with E-state index in [1.54, 1.807) is 0 Å². The Labute approximate surface area is 492 Å². The van der Waals surface area contributed by atoms with Crippen molar-refractivity contribution in [1.29, 1.82) is 0 Å². The molecule has 5 aromatic carbocycles. The molecule has 1 aromatic heterocycles. The first kappa shape index (κ1) is 72.4. The summed E-state index contributed by atoms with van der Waals surface area (Å²) in [4.78, 5) is 0. The Balaban J connectivity index is 0.000000383. The van der Waals surface area contributed by atoms with E-state index in [9.17, 15) is 105 Å². The predicted octanol–water partition coefficient (Wildman–Crippen LogP) is 20.0. The highest BCUT2D eigenvalue weighted by atomic mass is 19.4. The zero-order chi connectivity index (χ0) is 65.7. The lowest BCUT2D eigenvalue weighted by Crippen LogP contribution is -2.75. The van der Waals surface area contributed by atoms with E-state index in [1.165, 1.54) is 120 Å². The minimum atomic E-state index is -6.13. The van der Waals surface area contributed by atoms with Crippen LogP contribution < -0.4 is 26.4 Å². The Morgan fingerprint density at radius 1 is 0.284 bits per heavy atom. The van der Waals surface area contributed by atoms with Crippen molar-refractivity contribution in [3.8, 4) is 0 Å². The van der Waals surface area contributed by atoms with E-state index in [1.807, 2.05) is 0 Å². The van der Waals surface area contributed by atoms with Crippen LogP contribution >= 0.6 is 0 Å². The van der Waals surface area contributed by atoms with Crippen LogP contribution in [-0.4, -0.2) is 6.15 Å². The van der Waals surface area contributed by atoms with Gasteiger partial charge >= 0.3 is 49.4 Å². The number of halogens is 24. The largest absolute Gasteiger partial charge is 0.416 e. The molecule has 484 valence electrons. The number of hydrogen-bond donors (Lipinski definition) is 0. The highest BCUT2D eigenvalue weighted by molar-refractivity contribution is 7.20. The average Bonchev–Trinajstić information content (AvgIpc) is 0.799. The summed E-state index contributed by atoms with van der Waals surface area (Å²) in [6.45, 7) is 3.28. The molecule has 0 saturated heterocycles. The van der Waals surface area contributed by atoms with Crippen molar-refractivity contribution in [2.24, 2.45) is 0 Å². The van der Waals surface area contributed by atoms with E-state index in [0.29, 0.717) is 0 Å². The number of hydrogen-bond acceptors (Lipinski definition) is 0. The molecular formula is C62H60BF24N. The van der Waals surface area contributed by atoms with Crippen molar-refractivity contribution >= 4 is 28.0 Å². The molecule has 0 spiro atoms. The minimum absolute atomic E-state index is 0.691. The highest BCUT2D eigenvalue weighted by Gasteiger charge is 2.47. The average molecular weight is 1290 g/mol. The molecule has 6 rings (SSSR count). The molecule has 0 aliphatic rings. The lowest BCUT2D eigenvalue weighted by Gasteiger charge is -2.46. The number of unbranched alkanes of at least 4 members (excludes halogenated alkanes) is 15. The summed E-state index contributed by atoms with van der Waals surface area (Å²) < 4.78 is 343. The summed E-state index contributed by atoms with van der Waals surface area (Å²) in [5.41, 5.74) is -27.4. The van der Waals surface area contributed by atoms with Crippen LogP contribution in [0.2, 0.25) is 0 Å². The van der Waals surface area contributed by atoms with Crippen molar-refractivity contribution in [1.82, 2.24) is 0 Å². The maximum Gasteiger partial charge on any atom is 0.416 e. The lowest BCUT2D eigenvalue weighted by atomic mass is 9.12. The van der Waals surface area contributed by atoms with E-state index >= 15 is 0 Å². The molecule has 26 heteroatoms. The van der Waals surface area contributed by atoms with E-state index in [-0.39, 0.29) is 0 Å². The molecule has 0 fully saturated rings. The second-order valence-corrected chi connectivity index (χ2v) is 21.6. The van der Waals surface area contributed by atoms with Crippen LogP contribution in [-0.2, 0) is 62.4 Å². The van der Waals surface area contributed by atoms with E-state index in [2.05, 4.69) is 66.2 Å². The monoisotopic (exact) mass is 1290 g/mol. The fourth-order valence-corrected chi connectivity index (χ4v) is 10.6. The fraction of sp³-hybridized carbons (Fsp3) is 0.435. The summed E-state index contributed by atoms with van der Waals surface area (Å²) in [6.07, 6.45) is -28.5. The standard InChI is InChI=1S/C32H12BF24.C30H48N/c34-25(35,36)13-1-14(26(37,38)39)6-21(5-13)33(22-7-15(27(40,41)42)2-16(8-22)28(43,44)45,23-9-17(29(46,47)48)3-18(10-23)30(49,50)51)24-11-19(31(52,53)54)4-20(12-24)32(55,56)57;1-2-3-4-5-6-7-8-9-10-11-12-13-14-15-16-20-25-30-26-21-22-27-31(30)28-29-23-18-17-19-24-29/h1-12H;17-19,21-24,26-27H,2-16,20,25,28H2,1H3/q-1;+1. The van der Waals surface area contributed by atoms with E-state index in [0.717, 1.165) is 6.54 Å². The molecule has 0 bridgehead atoms. The molecule has 88 heavy (non-hydrogen) atoms. The van der Waals surface area contributed by atoms with Gasteiger partial charge in [0.15, 0.2) is 18.4 Å². The first-order chi connectivity index (χ1) is 40.7. The third kappa shape index (κ3) is 20.6. The van der Waals surface area contributed by atoms with Crippen LogP contribution in [0, 0.1) is 0 Å². The van der Waals surface area contributed by atoms with Gasteiger partial charge in [0.05, 0.1) is 44.5 Å². The second-order valence-electron chi connectivity index (χ2n) is 21.6. The molecule has 0 amide bonds. The molecular weight excluding hydrogens is 1230 g/mol. The number of aryl methyl sites for hydroxylation is 1. The Kier molecular flexibility index (Phi) is 24.3. The normalized spacial score (nSPS) is 13.2. The SMILES string of the molecule is CCCCCCCCCCCCCCCCCCc1cccc[n+]1Cc1ccccc1.FC(F)(F)c1cc([B-](c2cc(C(F)(F)F)cc(C(F)(F)F)c2)(c2cc(C(F)(F)F)cc(C(F)(F)F)c2)c2cc(C(F)(F)F)cc(C(F)(F)F)c2)cc(C(F)(F)F)c1. The summed E-state index contributed by atoms with van der Waals surface area (Å²) in [5, 5.41) is 0. The topological polar surface area (TPSA) is 3.88 Å². The van der Waals surface area contributed by atoms with Gasteiger partial charge in [-0.2, -0.15) is 132 Å². The molecule has 0 saturated carbocycles. The van der Waals surface area contributed by atoms with E-state index < -0.39 is 195 Å². The Hall–Kier alpha value is -6.37. The fourth-order valence-electron chi connectivity index (χ4n) is 10.6. The number of nitrogens with zero attached hydrogens (tertiary/aromatic N) is 1. The van der Waals surface area contributed by atoms with Crippen LogP contribution in [0.25, 0.3) is 0 Å². The van der Waals surface area contributed by atoms with Crippen molar-refractivity contribution in [2.75, 3.05) is 0 Å². The van der Waals surface area contributed by atoms with Crippen LogP contribution in [0.1, 0.15) is 165 Å². The molecule has 0 aliphatic carbocycles. The molecule has 1 heterocycles. The Morgan fingerprint density at radius 2 is 0.523 bits per heavy atom. The Morgan fingerprint density at radius 3 is 0.773 bits per heavy atom. The van der Waals surface area contributed by atoms with Crippen molar-refractivity contribution in [3.05, 3.63) is 183 Å². The van der Waals surface area contributed by atoms with Gasteiger partial charge in [-0.15, -0.1) is 0 Å². The third-order valence-electron chi connectivity index (χ3n) is 15.0. The van der Waals surface area contributed by atoms with Gasteiger partial charge in [0.2, 0.25) is 0 Å². The van der Waals surface area contributed by atoms with Gasteiger partial charge in [-0.1, -0.05) is 188 Å². The molecule has 0 atom stereocenters. The second kappa shape index (κ2) is 29.5.